The van der Waals surface area contributed by atoms with Crippen LogP contribution < -0.4 is 5.69 Å². The number of benzene rings is 1. The number of fused-ring (bicyclic) bond motifs is 1. The van der Waals surface area contributed by atoms with Crippen LogP contribution in [0.15, 0.2) is 29.1 Å². The first-order valence-electron chi connectivity index (χ1n) is 8.29. The molecule has 22 heavy (non-hydrogen) atoms. The summed E-state index contributed by atoms with van der Waals surface area (Å²) in [4.78, 5) is 17.6. The predicted octanol–water partition coefficient (Wildman–Crippen LogP) is 1.88. The van der Waals surface area contributed by atoms with Crippen LogP contribution in [0.4, 0.5) is 0 Å². The lowest BCUT2D eigenvalue weighted by atomic mass is 9.79. The predicted molar refractivity (Wildman–Crippen MR) is 86.1 cm³/mol. The first kappa shape index (κ1) is 14.0. The van der Waals surface area contributed by atoms with Gasteiger partial charge < -0.3 is 15.0 Å². The standard InChI is InChI=1S/C17H23N3O2/c21-16-18-14-4-1-2-5-15(14)20(16)13-6-10-19(11-7-13)12-17(22)8-3-9-17/h1-2,4-5,13,22H,3,6-12H2,(H,18,21). The third kappa shape index (κ3) is 2.38. The van der Waals surface area contributed by atoms with Crippen LogP contribution >= 0.6 is 0 Å². The Bertz CT molecular complexity index is 721. The van der Waals surface area contributed by atoms with Crippen LogP contribution in [0.25, 0.3) is 11.0 Å². The summed E-state index contributed by atoms with van der Waals surface area (Å²) in [5.74, 6) is 0. The van der Waals surface area contributed by atoms with Gasteiger partial charge in [-0.15, -0.1) is 0 Å². The molecule has 0 atom stereocenters. The van der Waals surface area contributed by atoms with Gasteiger partial charge in [-0.25, -0.2) is 4.79 Å². The highest BCUT2D eigenvalue weighted by molar-refractivity contribution is 5.75. The van der Waals surface area contributed by atoms with Crippen LogP contribution in [0.1, 0.15) is 38.1 Å². The van der Waals surface area contributed by atoms with Crippen molar-refractivity contribution in [2.75, 3.05) is 19.6 Å². The number of imidazole rings is 1. The van der Waals surface area contributed by atoms with Crippen LogP contribution in [0.5, 0.6) is 0 Å². The number of para-hydroxylation sites is 2. The van der Waals surface area contributed by atoms with E-state index < -0.39 is 5.60 Å². The lowest BCUT2D eigenvalue weighted by Crippen LogP contribution is -2.50. The average Bonchev–Trinajstić information content (AvgIpc) is 2.82. The average molecular weight is 301 g/mol. The zero-order chi connectivity index (χ0) is 15.2. The van der Waals surface area contributed by atoms with E-state index in [4.69, 9.17) is 0 Å². The maximum absolute atomic E-state index is 12.3. The van der Waals surface area contributed by atoms with Gasteiger partial charge in [0.05, 0.1) is 16.6 Å². The molecule has 1 saturated carbocycles. The van der Waals surface area contributed by atoms with E-state index in [0.29, 0.717) is 0 Å². The van der Waals surface area contributed by atoms with Gasteiger partial charge in [-0.3, -0.25) is 4.57 Å². The minimum atomic E-state index is -0.440. The first-order chi connectivity index (χ1) is 10.6. The van der Waals surface area contributed by atoms with E-state index in [9.17, 15) is 9.90 Å². The zero-order valence-corrected chi connectivity index (χ0v) is 12.8. The Morgan fingerprint density at radius 1 is 1.23 bits per heavy atom. The summed E-state index contributed by atoms with van der Waals surface area (Å²) < 4.78 is 1.92. The molecule has 0 radical (unpaired) electrons. The van der Waals surface area contributed by atoms with Gasteiger partial charge in [0.15, 0.2) is 0 Å². The summed E-state index contributed by atoms with van der Waals surface area (Å²) >= 11 is 0. The highest BCUT2D eigenvalue weighted by Crippen LogP contribution is 2.34. The summed E-state index contributed by atoms with van der Waals surface area (Å²) in [5, 5.41) is 10.3. The van der Waals surface area contributed by atoms with Crippen molar-refractivity contribution < 1.29 is 5.11 Å². The number of nitrogens with one attached hydrogen (secondary N) is 1. The molecule has 2 heterocycles. The SMILES string of the molecule is O=c1[nH]c2ccccc2n1C1CCN(CC2(O)CCC2)CC1. The van der Waals surface area contributed by atoms with Gasteiger partial charge >= 0.3 is 5.69 Å². The maximum atomic E-state index is 12.3. The molecule has 1 aliphatic carbocycles. The van der Waals surface area contributed by atoms with E-state index in [1.165, 1.54) is 0 Å². The highest BCUT2D eigenvalue weighted by Gasteiger charge is 2.37. The van der Waals surface area contributed by atoms with Crippen LogP contribution in [-0.2, 0) is 0 Å². The molecule has 2 fully saturated rings. The molecule has 0 amide bonds. The molecule has 5 heteroatoms. The number of aromatic amines is 1. The van der Waals surface area contributed by atoms with E-state index in [0.717, 1.165) is 62.8 Å². The Labute approximate surface area is 129 Å². The molecule has 5 nitrogen and oxygen atoms in total. The fourth-order valence-electron chi connectivity index (χ4n) is 3.93. The number of hydrogen-bond donors (Lipinski definition) is 2. The second-order valence-electron chi connectivity index (χ2n) is 6.90. The molecular weight excluding hydrogens is 278 g/mol. The molecule has 1 saturated heterocycles. The van der Waals surface area contributed by atoms with Crippen LogP contribution in [0.2, 0.25) is 0 Å². The van der Waals surface area contributed by atoms with Gasteiger partial charge in [-0.05, 0) is 44.2 Å². The lowest BCUT2D eigenvalue weighted by molar-refractivity contribution is -0.0632. The number of aromatic nitrogens is 2. The Morgan fingerprint density at radius 3 is 2.64 bits per heavy atom. The van der Waals surface area contributed by atoms with Crippen molar-refractivity contribution in [3.05, 3.63) is 34.7 Å². The number of aliphatic hydroxyl groups is 1. The number of H-pyrrole nitrogens is 1. The molecule has 2 N–H and O–H groups in total. The largest absolute Gasteiger partial charge is 0.389 e. The lowest BCUT2D eigenvalue weighted by Gasteiger charge is -2.42. The van der Waals surface area contributed by atoms with E-state index in [1.54, 1.807) is 0 Å². The molecule has 0 spiro atoms. The van der Waals surface area contributed by atoms with Gasteiger partial charge in [0.25, 0.3) is 0 Å². The van der Waals surface area contributed by atoms with E-state index in [-0.39, 0.29) is 11.7 Å². The second kappa shape index (κ2) is 5.25. The third-order valence-corrected chi connectivity index (χ3v) is 5.35. The molecule has 1 aromatic heterocycles. The van der Waals surface area contributed by atoms with E-state index >= 15 is 0 Å². The molecule has 0 bridgehead atoms. The number of β-amino-alcohol motifs (C(OH)–C–C–N with tert-alkyl or cyclic N) is 1. The molecule has 2 aromatic rings. The fraction of sp³-hybridized carbons (Fsp3) is 0.588. The van der Waals surface area contributed by atoms with Crippen molar-refractivity contribution in [2.24, 2.45) is 0 Å². The molecule has 4 rings (SSSR count). The molecule has 1 aliphatic heterocycles. The Balaban J connectivity index is 1.49. The maximum Gasteiger partial charge on any atom is 0.326 e. The number of piperidine rings is 1. The molecule has 0 unspecified atom stereocenters. The molecular formula is C17H23N3O2. The van der Waals surface area contributed by atoms with E-state index in [2.05, 4.69) is 9.88 Å². The number of nitrogens with zero attached hydrogens (tertiary/aromatic N) is 2. The van der Waals surface area contributed by atoms with Crippen molar-refractivity contribution in [3.8, 4) is 0 Å². The number of likely N-dealkylation sites (tertiary alicyclic amines) is 1. The monoisotopic (exact) mass is 301 g/mol. The fourth-order valence-corrected chi connectivity index (χ4v) is 3.93. The van der Waals surface area contributed by atoms with Gasteiger partial charge in [-0.1, -0.05) is 12.1 Å². The Kier molecular flexibility index (Phi) is 3.35. The molecule has 1 aromatic carbocycles. The van der Waals surface area contributed by atoms with Crippen LogP contribution in [0.3, 0.4) is 0 Å². The minimum absolute atomic E-state index is 0.00253. The summed E-state index contributed by atoms with van der Waals surface area (Å²) in [6.07, 6.45) is 4.97. The van der Waals surface area contributed by atoms with Crippen molar-refractivity contribution in [3.63, 3.8) is 0 Å². The van der Waals surface area contributed by atoms with Gasteiger partial charge in [0.2, 0.25) is 0 Å². The van der Waals surface area contributed by atoms with Gasteiger partial charge in [0, 0.05) is 25.7 Å². The Morgan fingerprint density at radius 2 is 1.95 bits per heavy atom. The van der Waals surface area contributed by atoms with Crippen molar-refractivity contribution in [1.82, 2.24) is 14.5 Å². The van der Waals surface area contributed by atoms with Crippen molar-refractivity contribution in [1.29, 1.82) is 0 Å². The summed E-state index contributed by atoms with van der Waals surface area (Å²) in [7, 11) is 0. The Hall–Kier alpha value is -1.59. The van der Waals surface area contributed by atoms with Crippen molar-refractivity contribution >= 4 is 11.0 Å². The summed E-state index contributed by atoms with van der Waals surface area (Å²) in [6, 6.07) is 8.15. The smallest absolute Gasteiger partial charge is 0.326 e. The minimum Gasteiger partial charge on any atom is -0.389 e. The van der Waals surface area contributed by atoms with Crippen LogP contribution in [-0.4, -0.2) is 44.8 Å². The topological polar surface area (TPSA) is 61.3 Å². The van der Waals surface area contributed by atoms with E-state index in [1.807, 2.05) is 28.8 Å². The number of rotatable bonds is 3. The quantitative estimate of drug-likeness (QED) is 0.910. The molecule has 2 aliphatic rings. The summed E-state index contributed by atoms with van der Waals surface area (Å²) in [5.41, 5.74) is 1.48. The molecule has 118 valence electrons. The third-order valence-electron chi connectivity index (χ3n) is 5.35. The van der Waals surface area contributed by atoms with Crippen molar-refractivity contribution in [2.45, 2.75) is 43.7 Å². The van der Waals surface area contributed by atoms with Gasteiger partial charge in [0.1, 0.15) is 0 Å². The highest BCUT2D eigenvalue weighted by atomic mass is 16.3. The van der Waals surface area contributed by atoms with Gasteiger partial charge in [-0.2, -0.15) is 0 Å². The summed E-state index contributed by atoms with van der Waals surface area (Å²) in [6.45, 7) is 2.71. The van der Waals surface area contributed by atoms with Crippen LogP contribution in [0, 0.1) is 0 Å². The normalized spacial score (nSPS) is 22.8. The first-order valence-corrected chi connectivity index (χ1v) is 8.29. The zero-order valence-electron chi connectivity index (χ0n) is 12.8. The number of hydrogen-bond acceptors (Lipinski definition) is 3. The second-order valence-corrected chi connectivity index (χ2v) is 6.90.